The predicted octanol–water partition coefficient (Wildman–Crippen LogP) is 0.738. The number of ether oxygens (including phenoxy) is 1. The van der Waals surface area contributed by atoms with Gasteiger partial charge in [0.05, 0.1) is 23.2 Å². The van der Waals surface area contributed by atoms with E-state index in [-0.39, 0.29) is 24.6 Å². The van der Waals surface area contributed by atoms with E-state index < -0.39 is 21.7 Å². The number of nitrogens with zero attached hydrogens (tertiary/aromatic N) is 1. The predicted molar refractivity (Wildman–Crippen MR) is 80.4 cm³/mol. The zero-order valence-corrected chi connectivity index (χ0v) is 13.4. The Balaban J connectivity index is 2.36. The van der Waals surface area contributed by atoms with Gasteiger partial charge in [-0.15, -0.1) is 0 Å². The van der Waals surface area contributed by atoms with E-state index in [2.05, 4.69) is 0 Å². The molecule has 0 aromatic heterocycles. The molecule has 2 rings (SSSR count). The van der Waals surface area contributed by atoms with Crippen molar-refractivity contribution in [1.29, 1.82) is 0 Å². The number of aliphatic hydroxyl groups is 1. The van der Waals surface area contributed by atoms with E-state index in [4.69, 9.17) is 10.5 Å². The summed E-state index contributed by atoms with van der Waals surface area (Å²) in [4.78, 5) is 0.212. The van der Waals surface area contributed by atoms with Gasteiger partial charge in [0, 0.05) is 18.8 Å². The zero-order chi connectivity index (χ0) is 15.8. The molecule has 21 heavy (non-hydrogen) atoms. The number of benzene rings is 1. The Hall–Kier alpha value is -1.15. The van der Waals surface area contributed by atoms with Gasteiger partial charge in [-0.05, 0) is 44.5 Å². The average molecular weight is 314 g/mol. The van der Waals surface area contributed by atoms with Crippen LogP contribution in [0.4, 0.5) is 5.69 Å². The first-order chi connectivity index (χ1) is 9.65. The standard InChI is InChI=1S/C14H22N2O4S/c1-10-6-12(4-5-13(10)15)21(18,19)16-7-11(8-17)20-14(2,3)9-16/h4-6,11,17H,7-9,15H2,1-3H3. The minimum atomic E-state index is -3.63. The fourth-order valence-electron chi connectivity index (χ4n) is 2.48. The molecule has 3 N–H and O–H groups in total. The molecule has 1 fully saturated rings. The fraction of sp³-hybridized carbons (Fsp3) is 0.571. The lowest BCUT2D eigenvalue weighted by Crippen LogP contribution is -2.55. The van der Waals surface area contributed by atoms with Gasteiger partial charge in [-0.2, -0.15) is 4.31 Å². The molecule has 1 atom stereocenters. The van der Waals surface area contributed by atoms with Crippen LogP contribution < -0.4 is 5.73 Å². The Morgan fingerprint density at radius 2 is 2.14 bits per heavy atom. The van der Waals surface area contributed by atoms with E-state index in [1.165, 1.54) is 10.4 Å². The summed E-state index contributed by atoms with van der Waals surface area (Å²) in [6.07, 6.45) is -0.515. The van der Waals surface area contributed by atoms with Crippen molar-refractivity contribution >= 4 is 15.7 Å². The third kappa shape index (κ3) is 3.37. The fourth-order valence-corrected chi connectivity index (χ4v) is 4.19. The summed E-state index contributed by atoms with van der Waals surface area (Å²) >= 11 is 0. The molecular weight excluding hydrogens is 292 g/mol. The van der Waals surface area contributed by atoms with Crippen LogP contribution in [0.15, 0.2) is 23.1 Å². The van der Waals surface area contributed by atoms with Gasteiger partial charge in [0.1, 0.15) is 0 Å². The minimum Gasteiger partial charge on any atom is -0.399 e. The second-order valence-corrected chi connectivity index (χ2v) is 7.94. The Morgan fingerprint density at radius 3 is 2.71 bits per heavy atom. The van der Waals surface area contributed by atoms with E-state index in [1.807, 2.05) is 13.8 Å². The van der Waals surface area contributed by atoms with Gasteiger partial charge in [-0.1, -0.05) is 0 Å². The highest BCUT2D eigenvalue weighted by atomic mass is 32.2. The molecule has 1 aliphatic heterocycles. The molecule has 0 spiro atoms. The molecule has 1 unspecified atom stereocenters. The first-order valence-corrected chi connectivity index (χ1v) is 8.25. The molecular formula is C14H22N2O4S. The molecule has 1 aliphatic rings. The van der Waals surface area contributed by atoms with Crippen LogP contribution in [0, 0.1) is 6.92 Å². The van der Waals surface area contributed by atoms with Crippen LogP contribution in [-0.4, -0.2) is 49.2 Å². The molecule has 1 aromatic rings. The monoisotopic (exact) mass is 314 g/mol. The number of morpholine rings is 1. The summed E-state index contributed by atoms with van der Waals surface area (Å²) < 4.78 is 32.5. The summed E-state index contributed by atoms with van der Waals surface area (Å²) in [6, 6.07) is 4.67. The number of rotatable bonds is 3. The van der Waals surface area contributed by atoms with Gasteiger partial charge in [-0.25, -0.2) is 8.42 Å². The van der Waals surface area contributed by atoms with E-state index in [1.54, 1.807) is 19.1 Å². The minimum absolute atomic E-state index is 0.145. The summed E-state index contributed by atoms with van der Waals surface area (Å²) in [5.74, 6) is 0. The highest BCUT2D eigenvalue weighted by molar-refractivity contribution is 7.89. The van der Waals surface area contributed by atoms with E-state index in [9.17, 15) is 13.5 Å². The first kappa shape index (κ1) is 16.2. The van der Waals surface area contributed by atoms with Crippen LogP contribution in [0.25, 0.3) is 0 Å². The maximum atomic E-state index is 12.7. The molecule has 118 valence electrons. The van der Waals surface area contributed by atoms with Crippen molar-refractivity contribution in [1.82, 2.24) is 4.31 Å². The largest absolute Gasteiger partial charge is 0.399 e. The number of aliphatic hydroxyl groups excluding tert-OH is 1. The van der Waals surface area contributed by atoms with Crippen molar-refractivity contribution in [2.24, 2.45) is 0 Å². The SMILES string of the molecule is Cc1cc(S(=O)(=O)N2CC(CO)OC(C)(C)C2)ccc1N. The van der Waals surface area contributed by atoms with Gasteiger partial charge < -0.3 is 15.6 Å². The lowest BCUT2D eigenvalue weighted by atomic mass is 10.1. The molecule has 1 aromatic carbocycles. The second-order valence-electron chi connectivity index (χ2n) is 6.00. The quantitative estimate of drug-likeness (QED) is 0.803. The molecule has 1 heterocycles. The van der Waals surface area contributed by atoms with Crippen LogP contribution in [0.2, 0.25) is 0 Å². The van der Waals surface area contributed by atoms with Gasteiger partial charge in [-0.3, -0.25) is 0 Å². The Morgan fingerprint density at radius 1 is 1.48 bits per heavy atom. The van der Waals surface area contributed by atoms with Crippen LogP contribution in [0.3, 0.4) is 0 Å². The topological polar surface area (TPSA) is 92.9 Å². The Labute approximate surface area is 125 Å². The van der Waals surface area contributed by atoms with Crippen molar-refractivity contribution < 1.29 is 18.3 Å². The molecule has 0 amide bonds. The zero-order valence-electron chi connectivity index (χ0n) is 12.5. The van der Waals surface area contributed by atoms with Crippen molar-refractivity contribution in [3.63, 3.8) is 0 Å². The number of hydrogen-bond donors (Lipinski definition) is 2. The lowest BCUT2D eigenvalue weighted by Gasteiger charge is -2.41. The number of nitrogens with two attached hydrogens (primary N) is 1. The van der Waals surface area contributed by atoms with E-state index in [0.717, 1.165) is 5.56 Å². The second kappa shape index (κ2) is 5.57. The lowest BCUT2D eigenvalue weighted by molar-refractivity contribution is -0.131. The molecule has 7 heteroatoms. The molecule has 0 saturated carbocycles. The summed E-state index contributed by atoms with van der Waals surface area (Å²) in [7, 11) is -3.63. The van der Waals surface area contributed by atoms with Crippen LogP contribution in [0.1, 0.15) is 19.4 Å². The summed E-state index contributed by atoms with van der Waals surface area (Å²) in [6.45, 7) is 5.57. The molecule has 0 radical (unpaired) electrons. The number of anilines is 1. The van der Waals surface area contributed by atoms with Crippen molar-refractivity contribution in [2.45, 2.75) is 37.4 Å². The normalized spacial score (nSPS) is 23.1. The summed E-state index contributed by atoms with van der Waals surface area (Å²) in [5.41, 5.74) is 6.38. The Bertz CT molecular complexity index is 628. The van der Waals surface area contributed by atoms with Gasteiger partial charge in [0.15, 0.2) is 0 Å². The number of nitrogen functional groups attached to an aromatic ring is 1. The number of sulfonamides is 1. The van der Waals surface area contributed by atoms with E-state index >= 15 is 0 Å². The van der Waals surface area contributed by atoms with Gasteiger partial charge in [0.25, 0.3) is 0 Å². The van der Waals surface area contributed by atoms with Gasteiger partial charge >= 0.3 is 0 Å². The maximum absolute atomic E-state index is 12.7. The smallest absolute Gasteiger partial charge is 0.243 e. The molecule has 1 saturated heterocycles. The van der Waals surface area contributed by atoms with Crippen LogP contribution in [0.5, 0.6) is 0 Å². The van der Waals surface area contributed by atoms with Crippen molar-refractivity contribution in [2.75, 3.05) is 25.4 Å². The van der Waals surface area contributed by atoms with Crippen molar-refractivity contribution in [3.8, 4) is 0 Å². The Kier molecular flexibility index (Phi) is 4.30. The van der Waals surface area contributed by atoms with Gasteiger partial charge in [0.2, 0.25) is 10.0 Å². The van der Waals surface area contributed by atoms with Crippen LogP contribution >= 0.6 is 0 Å². The third-order valence-electron chi connectivity index (χ3n) is 3.53. The third-order valence-corrected chi connectivity index (χ3v) is 5.34. The molecule has 0 aliphatic carbocycles. The summed E-state index contributed by atoms with van der Waals surface area (Å²) in [5, 5.41) is 9.29. The van der Waals surface area contributed by atoms with Crippen LogP contribution in [-0.2, 0) is 14.8 Å². The maximum Gasteiger partial charge on any atom is 0.243 e. The first-order valence-electron chi connectivity index (χ1n) is 6.81. The van der Waals surface area contributed by atoms with E-state index in [0.29, 0.717) is 5.69 Å². The van der Waals surface area contributed by atoms with Crippen molar-refractivity contribution in [3.05, 3.63) is 23.8 Å². The molecule has 6 nitrogen and oxygen atoms in total. The highest BCUT2D eigenvalue weighted by Crippen LogP contribution is 2.27. The average Bonchev–Trinajstić information content (AvgIpc) is 2.39. The highest BCUT2D eigenvalue weighted by Gasteiger charge is 2.39. The molecule has 0 bridgehead atoms. The number of hydrogen-bond acceptors (Lipinski definition) is 5. The number of aryl methyl sites for hydroxylation is 1.